The van der Waals surface area contributed by atoms with Crippen LogP contribution < -0.4 is 5.32 Å². The average molecular weight is 485 g/mol. The molecule has 1 N–H and O–H groups in total. The van der Waals surface area contributed by atoms with E-state index in [0.717, 1.165) is 16.5 Å². The normalized spacial score (nSPS) is 16.2. The quantitative estimate of drug-likeness (QED) is 0.586. The van der Waals surface area contributed by atoms with Crippen molar-refractivity contribution in [1.29, 1.82) is 0 Å². The number of anilines is 1. The maximum absolute atomic E-state index is 13.1. The van der Waals surface area contributed by atoms with Crippen LogP contribution in [0, 0.1) is 11.7 Å². The maximum Gasteiger partial charge on any atom is 0.253 e. The molecule has 8 heteroatoms. The van der Waals surface area contributed by atoms with Gasteiger partial charge in [-0.25, -0.2) is 9.07 Å². The number of halogens is 2. The molecule has 0 saturated carbocycles. The van der Waals surface area contributed by atoms with E-state index >= 15 is 0 Å². The van der Waals surface area contributed by atoms with Crippen molar-refractivity contribution in [3.63, 3.8) is 0 Å². The first-order valence-electron chi connectivity index (χ1n) is 10.1. The molecule has 1 fully saturated rings. The van der Waals surface area contributed by atoms with Gasteiger partial charge in [-0.15, -0.1) is 0 Å². The van der Waals surface area contributed by atoms with E-state index in [1.807, 2.05) is 24.3 Å². The van der Waals surface area contributed by atoms with Crippen LogP contribution in [0.25, 0.3) is 0 Å². The summed E-state index contributed by atoms with van der Waals surface area (Å²) < 4.78 is 15.9. The molecule has 1 aliphatic rings. The molecule has 2 aromatic carbocycles. The predicted octanol–water partition coefficient (Wildman–Crippen LogP) is 4.32. The standard InChI is InChI=1S/C23H22BrFN4O2/c24-20-6-2-1-4-17(20)15-29-21(11-12-26-29)27-22(30)18-5-3-13-28(14-18)23(31)16-7-9-19(25)10-8-16/h1-2,4,6-12,18H,3,5,13-15H2,(H,27,30). The summed E-state index contributed by atoms with van der Waals surface area (Å²) in [6.07, 6.45) is 3.09. The number of nitrogens with zero attached hydrogens (tertiary/aromatic N) is 3. The second kappa shape index (κ2) is 9.43. The van der Waals surface area contributed by atoms with Gasteiger partial charge in [-0.2, -0.15) is 5.10 Å². The third-order valence-electron chi connectivity index (χ3n) is 5.42. The molecular formula is C23H22BrFN4O2. The van der Waals surface area contributed by atoms with Crippen LogP contribution in [0.4, 0.5) is 10.2 Å². The first-order chi connectivity index (χ1) is 15.0. The lowest BCUT2D eigenvalue weighted by Crippen LogP contribution is -2.43. The molecule has 1 saturated heterocycles. The van der Waals surface area contributed by atoms with Crippen LogP contribution in [0.5, 0.6) is 0 Å². The molecule has 3 aromatic rings. The summed E-state index contributed by atoms with van der Waals surface area (Å²) in [4.78, 5) is 27.3. The average Bonchev–Trinajstić information content (AvgIpc) is 3.22. The van der Waals surface area contributed by atoms with Gasteiger partial charge in [-0.05, 0) is 48.7 Å². The zero-order valence-corrected chi connectivity index (χ0v) is 18.4. The Hall–Kier alpha value is -3.00. The Morgan fingerprint density at radius 1 is 1.13 bits per heavy atom. The van der Waals surface area contributed by atoms with Crippen molar-refractivity contribution in [2.24, 2.45) is 5.92 Å². The Morgan fingerprint density at radius 3 is 2.68 bits per heavy atom. The topological polar surface area (TPSA) is 67.2 Å². The minimum absolute atomic E-state index is 0.134. The number of hydrogen-bond acceptors (Lipinski definition) is 3. The molecule has 0 aliphatic carbocycles. The van der Waals surface area contributed by atoms with E-state index in [1.54, 1.807) is 21.8 Å². The van der Waals surface area contributed by atoms with Gasteiger partial charge in [0.2, 0.25) is 5.91 Å². The van der Waals surface area contributed by atoms with E-state index in [1.165, 1.54) is 24.3 Å². The highest BCUT2D eigenvalue weighted by atomic mass is 79.9. The van der Waals surface area contributed by atoms with E-state index < -0.39 is 0 Å². The van der Waals surface area contributed by atoms with Crippen LogP contribution in [0.2, 0.25) is 0 Å². The first kappa shape index (κ1) is 21.2. The van der Waals surface area contributed by atoms with Gasteiger partial charge in [0.25, 0.3) is 5.91 Å². The summed E-state index contributed by atoms with van der Waals surface area (Å²) in [5.74, 6) is -0.402. The smallest absolute Gasteiger partial charge is 0.253 e. The van der Waals surface area contributed by atoms with Crippen molar-refractivity contribution in [2.75, 3.05) is 18.4 Å². The number of carbonyl (C=O) groups is 2. The molecule has 1 aliphatic heterocycles. The van der Waals surface area contributed by atoms with E-state index in [9.17, 15) is 14.0 Å². The van der Waals surface area contributed by atoms with Crippen molar-refractivity contribution >= 4 is 33.6 Å². The van der Waals surface area contributed by atoms with E-state index in [4.69, 9.17) is 0 Å². The molecular weight excluding hydrogens is 463 g/mol. The van der Waals surface area contributed by atoms with Gasteiger partial charge in [0, 0.05) is 29.2 Å². The maximum atomic E-state index is 13.1. The number of amides is 2. The summed E-state index contributed by atoms with van der Waals surface area (Å²) in [5, 5.41) is 7.29. The van der Waals surface area contributed by atoms with Gasteiger partial charge in [0.1, 0.15) is 11.6 Å². The van der Waals surface area contributed by atoms with Gasteiger partial charge in [-0.1, -0.05) is 34.1 Å². The fourth-order valence-corrected chi connectivity index (χ4v) is 4.14. The van der Waals surface area contributed by atoms with Gasteiger partial charge >= 0.3 is 0 Å². The fourth-order valence-electron chi connectivity index (χ4n) is 3.73. The molecule has 1 aromatic heterocycles. The molecule has 0 bridgehead atoms. The number of likely N-dealkylation sites (tertiary alicyclic amines) is 1. The van der Waals surface area contributed by atoms with Gasteiger partial charge in [-0.3, -0.25) is 9.59 Å². The van der Waals surface area contributed by atoms with Crippen LogP contribution in [0.1, 0.15) is 28.8 Å². The molecule has 0 spiro atoms. The second-order valence-corrected chi connectivity index (χ2v) is 8.41. The van der Waals surface area contributed by atoms with Crippen LogP contribution in [-0.4, -0.2) is 39.6 Å². The number of piperidine rings is 1. The fraction of sp³-hybridized carbons (Fsp3) is 0.261. The predicted molar refractivity (Wildman–Crippen MR) is 119 cm³/mol. The minimum atomic E-state index is -0.383. The number of rotatable bonds is 5. The summed E-state index contributed by atoms with van der Waals surface area (Å²) in [6.45, 7) is 1.43. The van der Waals surface area contributed by atoms with Crippen LogP contribution in [-0.2, 0) is 11.3 Å². The first-order valence-corrected chi connectivity index (χ1v) is 10.9. The number of hydrogen-bond donors (Lipinski definition) is 1. The van der Waals surface area contributed by atoms with Crippen molar-refractivity contribution in [3.05, 3.63) is 82.2 Å². The van der Waals surface area contributed by atoms with Gasteiger partial charge in [0.05, 0.1) is 18.7 Å². The van der Waals surface area contributed by atoms with E-state index in [2.05, 4.69) is 26.3 Å². The van der Waals surface area contributed by atoms with E-state index in [0.29, 0.717) is 37.4 Å². The number of aromatic nitrogens is 2. The molecule has 4 rings (SSSR count). The van der Waals surface area contributed by atoms with Gasteiger partial charge in [0.15, 0.2) is 0 Å². The van der Waals surface area contributed by atoms with Crippen molar-refractivity contribution in [3.8, 4) is 0 Å². The Morgan fingerprint density at radius 2 is 1.90 bits per heavy atom. The zero-order chi connectivity index (χ0) is 21.8. The summed E-state index contributed by atoms with van der Waals surface area (Å²) in [7, 11) is 0. The summed E-state index contributed by atoms with van der Waals surface area (Å²) in [6, 6.07) is 15.1. The van der Waals surface area contributed by atoms with Crippen LogP contribution in [0.3, 0.4) is 0 Å². The number of benzene rings is 2. The molecule has 2 heterocycles. The molecule has 2 amide bonds. The number of nitrogens with one attached hydrogen (secondary N) is 1. The van der Waals surface area contributed by atoms with Crippen LogP contribution >= 0.6 is 15.9 Å². The third kappa shape index (κ3) is 5.02. The Balaban J connectivity index is 1.41. The van der Waals surface area contributed by atoms with Crippen molar-refractivity contribution < 1.29 is 14.0 Å². The van der Waals surface area contributed by atoms with Gasteiger partial charge < -0.3 is 10.2 Å². The molecule has 0 radical (unpaired) electrons. The third-order valence-corrected chi connectivity index (χ3v) is 6.19. The molecule has 6 nitrogen and oxygen atoms in total. The summed E-state index contributed by atoms with van der Waals surface area (Å²) in [5.41, 5.74) is 1.48. The van der Waals surface area contributed by atoms with Crippen molar-refractivity contribution in [1.82, 2.24) is 14.7 Å². The molecule has 31 heavy (non-hydrogen) atoms. The lowest BCUT2D eigenvalue weighted by molar-refractivity contribution is -0.121. The zero-order valence-electron chi connectivity index (χ0n) is 16.8. The largest absolute Gasteiger partial charge is 0.338 e. The monoisotopic (exact) mass is 484 g/mol. The molecule has 1 unspecified atom stereocenters. The molecule has 160 valence electrons. The molecule has 1 atom stereocenters. The summed E-state index contributed by atoms with van der Waals surface area (Å²) >= 11 is 3.54. The highest BCUT2D eigenvalue weighted by molar-refractivity contribution is 9.10. The Labute approximate surface area is 188 Å². The highest BCUT2D eigenvalue weighted by Gasteiger charge is 2.29. The highest BCUT2D eigenvalue weighted by Crippen LogP contribution is 2.22. The Bertz CT molecular complexity index is 1080. The minimum Gasteiger partial charge on any atom is -0.338 e. The number of carbonyl (C=O) groups excluding carboxylic acids is 2. The van der Waals surface area contributed by atoms with E-state index in [-0.39, 0.29) is 23.5 Å². The lowest BCUT2D eigenvalue weighted by Gasteiger charge is -2.32. The Kier molecular flexibility index (Phi) is 6.46. The SMILES string of the molecule is O=C(Nc1ccnn1Cc1ccccc1Br)C1CCCN(C(=O)c2ccc(F)cc2)C1. The second-order valence-electron chi connectivity index (χ2n) is 7.55. The lowest BCUT2D eigenvalue weighted by atomic mass is 9.96. The van der Waals surface area contributed by atoms with Crippen molar-refractivity contribution in [2.45, 2.75) is 19.4 Å². The van der Waals surface area contributed by atoms with Crippen LogP contribution in [0.15, 0.2) is 65.3 Å².